The van der Waals surface area contributed by atoms with Crippen LogP contribution in [0.4, 0.5) is 0 Å². The Hall–Kier alpha value is -1.42. The van der Waals surface area contributed by atoms with Crippen molar-refractivity contribution in [3.63, 3.8) is 0 Å². The molecule has 35 heavy (non-hydrogen) atoms. The van der Waals surface area contributed by atoms with Gasteiger partial charge in [-0.15, -0.1) is 0 Å². The van der Waals surface area contributed by atoms with Crippen molar-refractivity contribution in [3.8, 4) is 0 Å². The van der Waals surface area contributed by atoms with E-state index >= 15 is 0 Å². The van der Waals surface area contributed by atoms with Crippen LogP contribution >= 0.6 is 0 Å². The molecule has 4 nitrogen and oxygen atoms in total. The molecule has 0 bridgehead atoms. The summed E-state index contributed by atoms with van der Waals surface area (Å²) in [4.78, 5) is 26.5. The predicted octanol–water partition coefficient (Wildman–Crippen LogP) is 6.42. The molecule has 0 radical (unpaired) electrons. The molecule has 3 saturated carbocycles. The highest BCUT2D eigenvalue weighted by atomic mass is 16.5. The first-order valence-corrected chi connectivity index (χ1v) is 13.8. The van der Waals surface area contributed by atoms with E-state index in [0.29, 0.717) is 24.7 Å². The Balaban J connectivity index is 1.69. The van der Waals surface area contributed by atoms with Crippen molar-refractivity contribution >= 4 is 11.8 Å². The van der Waals surface area contributed by atoms with Crippen LogP contribution in [0.3, 0.4) is 0 Å². The van der Waals surface area contributed by atoms with Crippen LogP contribution in [0.15, 0.2) is 23.3 Å². The van der Waals surface area contributed by atoms with Crippen molar-refractivity contribution in [2.75, 3.05) is 7.11 Å². The lowest BCUT2D eigenvalue weighted by Crippen LogP contribution is -2.63. The number of ketones is 1. The monoisotopic (exact) mass is 482 g/mol. The molecule has 5 rings (SSSR count). The number of aliphatic hydroxyl groups is 1. The number of ether oxygens (including phenoxy) is 1. The number of allylic oxidation sites excluding steroid dienone is 3. The van der Waals surface area contributed by atoms with Gasteiger partial charge < -0.3 is 9.84 Å². The molecule has 5 aliphatic rings. The molecule has 1 N–H and O–H groups in total. The summed E-state index contributed by atoms with van der Waals surface area (Å²) < 4.78 is 5.36. The summed E-state index contributed by atoms with van der Waals surface area (Å²) >= 11 is 0. The highest BCUT2D eigenvalue weighted by Gasteiger charge is 2.67. The molecule has 194 valence electrons. The number of rotatable bonds is 1. The Kier molecular flexibility index (Phi) is 5.29. The maximum Gasteiger partial charge on any atom is 0.316 e. The summed E-state index contributed by atoms with van der Waals surface area (Å²) in [5.41, 5.74) is 1.30. The smallest absolute Gasteiger partial charge is 0.316 e. The third-order valence-electron chi connectivity index (χ3n) is 12.5. The lowest BCUT2D eigenvalue weighted by molar-refractivity contribution is -0.184. The fourth-order valence-corrected chi connectivity index (χ4v) is 9.94. The first-order chi connectivity index (χ1) is 16.1. The Labute approximate surface area is 212 Å². The molecule has 0 aliphatic heterocycles. The zero-order chi connectivity index (χ0) is 25.8. The summed E-state index contributed by atoms with van der Waals surface area (Å²) in [6.45, 7) is 16.1. The second-order valence-electron chi connectivity index (χ2n) is 14.7. The van der Waals surface area contributed by atoms with Gasteiger partial charge in [-0.3, -0.25) is 9.59 Å². The molecule has 5 aliphatic carbocycles. The molecule has 4 heteroatoms. The summed E-state index contributed by atoms with van der Waals surface area (Å²) in [5.74, 6) is 0.864. The number of Topliss-reactive ketones (excluding diaryl/α,β-unsaturated/α-hetero) is 1. The fraction of sp³-hybridized carbons (Fsp3) is 0.806. The largest absolute Gasteiger partial charge is 0.468 e. The number of hydrogen-bond donors (Lipinski definition) is 1. The van der Waals surface area contributed by atoms with Crippen molar-refractivity contribution in [2.45, 2.75) is 106 Å². The van der Waals surface area contributed by atoms with Gasteiger partial charge in [0, 0.05) is 11.8 Å². The molecule has 7 atom stereocenters. The molecule has 0 unspecified atom stereocenters. The van der Waals surface area contributed by atoms with E-state index in [1.807, 2.05) is 13.8 Å². The Morgan fingerprint density at radius 3 is 2.31 bits per heavy atom. The van der Waals surface area contributed by atoms with E-state index in [9.17, 15) is 14.7 Å². The molecule has 0 spiro atoms. The second-order valence-corrected chi connectivity index (χ2v) is 14.7. The van der Waals surface area contributed by atoms with Gasteiger partial charge in [0.1, 0.15) is 5.78 Å². The van der Waals surface area contributed by atoms with Crippen LogP contribution < -0.4 is 0 Å². The van der Waals surface area contributed by atoms with Crippen molar-refractivity contribution in [2.24, 2.45) is 44.3 Å². The maximum absolute atomic E-state index is 13.3. The minimum atomic E-state index is -0.804. The van der Waals surface area contributed by atoms with Gasteiger partial charge in [0.05, 0.1) is 18.6 Å². The lowest BCUT2D eigenvalue weighted by Gasteiger charge is -2.69. The lowest BCUT2D eigenvalue weighted by atomic mass is 9.35. The Morgan fingerprint density at radius 2 is 1.66 bits per heavy atom. The van der Waals surface area contributed by atoms with Crippen LogP contribution in [0.5, 0.6) is 0 Å². The number of aliphatic hydroxyl groups excluding tert-OH is 1. The van der Waals surface area contributed by atoms with E-state index in [1.165, 1.54) is 18.3 Å². The molecule has 0 aromatic heterocycles. The van der Waals surface area contributed by atoms with Crippen LogP contribution in [0.1, 0.15) is 99.8 Å². The van der Waals surface area contributed by atoms with Gasteiger partial charge in [0.25, 0.3) is 0 Å². The van der Waals surface area contributed by atoms with Crippen LogP contribution in [-0.4, -0.2) is 30.1 Å². The SMILES string of the molecule is COC(=O)[C@@]12CC[C@]3(C)C(=C1CC(C)(C)C(=O)C2)C=C[C@@H]1[C@@]2(C)CC[C@H](O)C(C)(C)[C@@H]2CC[C@]13C. The Bertz CT molecular complexity index is 1030. The third-order valence-corrected chi connectivity index (χ3v) is 12.5. The summed E-state index contributed by atoms with van der Waals surface area (Å²) in [7, 11) is 1.47. The average Bonchev–Trinajstić information content (AvgIpc) is 2.77. The zero-order valence-electron chi connectivity index (χ0n) is 23.2. The Morgan fingerprint density at radius 1 is 0.971 bits per heavy atom. The molecular formula is C31H46O4. The highest BCUT2D eigenvalue weighted by molar-refractivity contribution is 5.95. The fourth-order valence-electron chi connectivity index (χ4n) is 9.94. The number of hydrogen-bond acceptors (Lipinski definition) is 4. The van der Waals surface area contributed by atoms with Crippen LogP contribution in [0.25, 0.3) is 0 Å². The van der Waals surface area contributed by atoms with Gasteiger partial charge in [-0.25, -0.2) is 0 Å². The van der Waals surface area contributed by atoms with Gasteiger partial charge >= 0.3 is 5.97 Å². The number of carbonyl (C=O) groups is 2. The van der Waals surface area contributed by atoms with Gasteiger partial charge in [-0.05, 0) is 89.6 Å². The van der Waals surface area contributed by atoms with Crippen LogP contribution in [0.2, 0.25) is 0 Å². The van der Waals surface area contributed by atoms with Gasteiger partial charge in [0.15, 0.2) is 0 Å². The van der Waals surface area contributed by atoms with Crippen molar-refractivity contribution in [1.82, 2.24) is 0 Å². The van der Waals surface area contributed by atoms with Gasteiger partial charge in [-0.1, -0.05) is 60.6 Å². The molecule has 0 amide bonds. The van der Waals surface area contributed by atoms with Crippen LogP contribution in [-0.2, 0) is 14.3 Å². The number of methoxy groups -OCH3 is 1. The van der Waals surface area contributed by atoms with Gasteiger partial charge in [0.2, 0.25) is 0 Å². The molecular weight excluding hydrogens is 436 g/mol. The van der Waals surface area contributed by atoms with E-state index < -0.39 is 10.8 Å². The summed E-state index contributed by atoms with van der Waals surface area (Å²) in [6, 6.07) is 0. The van der Waals surface area contributed by atoms with Crippen molar-refractivity contribution in [1.29, 1.82) is 0 Å². The van der Waals surface area contributed by atoms with E-state index in [0.717, 1.165) is 32.1 Å². The van der Waals surface area contributed by atoms with E-state index in [1.54, 1.807) is 0 Å². The topological polar surface area (TPSA) is 63.6 Å². The number of carbonyl (C=O) groups excluding carboxylic acids is 2. The van der Waals surface area contributed by atoms with E-state index in [2.05, 4.69) is 46.8 Å². The molecule has 0 saturated heterocycles. The number of fused-ring (bicyclic) bond motifs is 6. The summed E-state index contributed by atoms with van der Waals surface area (Å²) in [5, 5.41) is 10.9. The highest BCUT2D eigenvalue weighted by Crippen LogP contribution is 2.74. The minimum Gasteiger partial charge on any atom is -0.468 e. The third kappa shape index (κ3) is 2.95. The quantitative estimate of drug-likeness (QED) is 0.438. The first kappa shape index (κ1) is 25.2. The minimum absolute atomic E-state index is 0.0517. The maximum atomic E-state index is 13.3. The van der Waals surface area contributed by atoms with E-state index in [-0.39, 0.29) is 45.9 Å². The summed E-state index contributed by atoms with van der Waals surface area (Å²) in [6.07, 6.45) is 11.3. The predicted molar refractivity (Wildman–Crippen MR) is 137 cm³/mol. The average molecular weight is 483 g/mol. The molecule has 0 heterocycles. The zero-order valence-corrected chi connectivity index (χ0v) is 23.2. The van der Waals surface area contributed by atoms with Crippen molar-refractivity contribution < 1.29 is 19.4 Å². The second kappa shape index (κ2) is 7.33. The van der Waals surface area contributed by atoms with Crippen LogP contribution in [0, 0.1) is 44.3 Å². The van der Waals surface area contributed by atoms with E-state index in [4.69, 9.17) is 4.74 Å². The van der Waals surface area contributed by atoms with Gasteiger partial charge in [-0.2, -0.15) is 0 Å². The standard InChI is InChI=1S/C31H46O4/c1-26(2)17-20-19-9-10-22-28(5)13-12-23(32)27(3,4)21(28)11-14-30(22,7)29(19,6)15-16-31(20,18-24(26)33)25(34)35-8/h9-10,21-23,32H,11-18H2,1-8H3/t21-,22+,23-,28-,29+,30+,31+/m0/s1. The molecule has 0 aromatic rings. The van der Waals surface area contributed by atoms with Crippen molar-refractivity contribution in [3.05, 3.63) is 23.3 Å². The number of esters is 1. The normalized spacial score (nSPS) is 47.8. The molecule has 0 aromatic carbocycles. The molecule has 3 fully saturated rings. The first-order valence-electron chi connectivity index (χ1n) is 13.8.